The molecule has 0 spiro atoms. The van der Waals surface area contributed by atoms with Gasteiger partial charge in [-0.3, -0.25) is 4.79 Å². The van der Waals surface area contributed by atoms with Crippen LogP contribution in [0.5, 0.6) is 5.75 Å². The van der Waals surface area contributed by atoms with E-state index >= 15 is 0 Å². The SMILES string of the molecule is COc1ccc(C2CCOC2)cc1C(CN)C(=O)O. The van der Waals surface area contributed by atoms with E-state index in [4.69, 9.17) is 15.2 Å². The minimum atomic E-state index is -0.930. The van der Waals surface area contributed by atoms with Gasteiger partial charge < -0.3 is 20.3 Å². The van der Waals surface area contributed by atoms with Gasteiger partial charge in [0.1, 0.15) is 5.75 Å². The topological polar surface area (TPSA) is 81.8 Å². The van der Waals surface area contributed by atoms with Crippen LogP contribution in [-0.2, 0) is 9.53 Å². The number of hydrogen-bond donors (Lipinski definition) is 2. The highest BCUT2D eigenvalue weighted by Crippen LogP contribution is 2.33. The molecule has 1 aromatic rings. The molecule has 0 saturated carbocycles. The van der Waals surface area contributed by atoms with Crippen LogP contribution < -0.4 is 10.5 Å². The molecule has 1 aliphatic rings. The molecule has 3 N–H and O–H groups in total. The van der Waals surface area contributed by atoms with Crippen molar-refractivity contribution in [3.05, 3.63) is 29.3 Å². The Labute approximate surface area is 112 Å². The minimum Gasteiger partial charge on any atom is -0.496 e. The average molecular weight is 265 g/mol. The highest BCUT2D eigenvalue weighted by molar-refractivity contribution is 5.77. The standard InChI is InChI=1S/C14H19NO4/c1-18-13-3-2-9(10-4-5-19-8-10)6-11(13)12(7-15)14(16)17/h2-3,6,10,12H,4-5,7-8,15H2,1H3,(H,16,17). The normalized spacial score (nSPS) is 20.2. The maximum atomic E-state index is 11.3. The second kappa shape index (κ2) is 6.04. The summed E-state index contributed by atoms with van der Waals surface area (Å²) in [4.78, 5) is 11.3. The van der Waals surface area contributed by atoms with Crippen molar-refractivity contribution in [3.63, 3.8) is 0 Å². The van der Waals surface area contributed by atoms with Crippen molar-refractivity contribution in [2.45, 2.75) is 18.3 Å². The first-order valence-corrected chi connectivity index (χ1v) is 6.35. The largest absolute Gasteiger partial charge is 0.496 e. The third kappa shape index (κ3) is 2.88. The fraction of sp³-hybridized carbons (Fsp3) is 0.500. The third-order valence-electron chi connectivity index (χ3n) is 3.56. The molecule has 0 aromatic heterocycles. The van der Waals surface area contributed by atoms with Crippen LogP contribution >= 0.6 is 0 Å². The van der Waals surface area contributed by atoms with E-state index in [1.54, 1.807) is 0 Å². The molecule has 2 rings (SSSR count). The van der Waals surface area contributed by atoms with Gasteiger partial charge in [-0.05, 0) is 18.1 Å². The van der Waals surface area contributed by atoms with Crippen LogP contribution in [-0.4, -0.2) is 37.9 Å². The van der Waals surface area contributed by atoms with E-state index in [9.17, 15) is 9.90 Å². The zero-order valence-electron chi connectivity index (χ0n) is 11.0. The van der Waals surface area contributed by atoms with Gasteiger partial charge in [0.15, 0.2) is 0 Å². The fourth-order valence-electron chi connectivity index (χ4n) is 2.44. The molecule has 5 nitrogen and oxygen atoms in total. The Morgan fingerprint density at radius 1 is 1.63 bits per heavy atom. The zero-order chi connectivity index (χ0) is 13.8. The molecule has 5 heteroatoms. The Morgan fingerprint density at radius 3 is 2.95 bits per heavy atom. The van der Waals surface area contributed by atoms with Crippen molar-refractivity contribution in [3.8, 4) is 5.75 Å². The molecule has 2 atom stereocenters. The van der Waals surface area contributed by atoms with Crippen molar-refractivity contribution in [2.24, 2.45) is 5.73 Å². The second-order valence-corrected chi connectivity index (χ2v) is 4.69. The van der Waals surface area contributed by atoms with Gasteiger partial charge in [-0.1, -0.05) is 12.1 Å². The molecule has 0 amide bonds. The summed E-state index contributed by atoms with van der Waals surface area (Å²) in [5, 5.41) is 9.24. The highest BCUT2D eigenvalue weighted by atomic mass is 16.5. The molecule has 0 bridgehead atoms. The smallest absolute Gasteiger partial charge is 0.312 e. The predicted octanol–water partition coefficient (Wildman–Crippen LogP) is 1.33. The van der Waals surface area contributed by atoms with Crippen molar-refractivity contribution in [2.75, 3.05) is 26.9 Å². The van der Waals surface area contributed by atoms with E-state index < -0.39 is 11.9 Å². The number of nitrogens with two attached hydrogens (primary N) is 1. The van der Waals surface area contributed by atoms with E-state index in [0.717, 1.165) is 18.6 Å². The van der Waals surface area contributed by atoms with Gasteiger partial charge >= 0.3 is 5.97 Å². The Balaban J connectivity index is 2.37. The Kier molecular flexibility index (Phi) is 4.39. The van der Waals surface area contributed by atoms with Gasteiger partial charge in [-0.25, -0.2) is 0 Å². The lowest BCUT2D eigenvalue weighted by Gasteiger charge is -2.17. The lowest BCUT2D eigenvalue weighted by molar-refractivity contribution is -0.138. The first-order valence-electron chi connectivity index (χ1n) is 6.35. The summed E-state index contributed by atoms with van der Waals surface area (Å²) in [5.41, 5.74) is 7.30. The maximum absolute atomic E-state index is 11.3. The van der Waals surface area contributed by atoms with E-state index in [-0.39, 0.29) is 6.54 Å². The number of benzene rings is 1. The first kappa shape index (κ1) is 13.8. The third-order valence-corrected chi connectivity index (χ3v) is 3.56. The molecule has 0 radical (unpaired) electrons. The van der Waals surface area contributed by atoms with Gasteiger partial charge in [0.25, 0.3) is 0 Å². The van der Waals surface area contributed by atoms with E-state index in [0.29, 0.717) is 23.8 Å². The lowest BCUT2D eigenvalue weighted by atomic mass is 9.91. The van der Waals surface area contributed by atoms with E-state index in [1.807, 2.05) is 18.2 Å². The Bertz CT molecular complexity index is 455. The number of aliphatic carboxylic acids is 1. The minimum absolute atomic E-state index is 0.0519. The Morgan fingerprint density at radius 2 is 2.42 bits per heavy atom. The summed E-state index contributed by atoms with van der Waals surface area (Å²) in [6.07, 6.45) is 0.964. The van der Waals surface area contributed by atoms with E-state index in [1.165, 1.54) is 7.11 Å². The molecule has 0 aliphatic carbocycles. The number of methoxy groups -OCH3 is 1. The van der Waals surface area contributed by atoms with Crippen molar-refractivity contribution >= 4 is 5.97 Å². The fourth-order valence-corrected chi connectivity index (χ4v) is 2.44. The first-order chi connectivity index (χ1) is 9.17. The molecule has 1 saturated heterocycles. The van der Waals surface area contributed by atoms with Crippen LogP contribution in [0.2, 0.25) is 0 Å². The van der Waals surface area contributed by atoms with E-state index in [2.05, 4.69) is 0 Å². The van der Waals surface area contributed by atoms with Gasteiger partial charge in [0.05, 0.1) is 19.6 Å². The number of carboxylic acids is 1. The van der Waals surface area contributed by atoms with Gasteiger partial charge in [-0.15, -0.1) is 0 Å². The van der Waals surface area contributed by atoms with Gasteiger partial charge in [0, 0.05) is 24.6 Å². The van der Waals surface area contributed by atoms with Crippen LogP contribution in [0.1, 0.15) is 29.4 Å². The maximum Gasteiger partial charge on any atom is 0.312 e. The van der Waals surface area contributed by atoms with Crippen LogP contribution in [0.15, 0.2) is 18.2 Å². The highest BCUT2D eigenvalue weighted by Gasteiger charge is 2.25. The van der Waals surface area contributed by atoms with Crippen LogP contribution in [0.25, 0.3) is 0 Å². The van der Waals surface area contributed by atoms with Gasteiger partial charge in [0.2, 0.25) is 0 Å². The molecule has 1 aromatic carbocycles. The Hall–Kier alpha value is -1.59. The molecule has 1 heterocycles. The molecule has 1 aliphatic heterocycles. The average Bonchev–Trinajstić information content (AvgIpc) is 2.93. The molecule has 104 valence electrons. The van der Waals surface area contributed by atoms with Gasteiger partial charge in [-0.2, -0.15) is 0 Å². The quantitative estimate of drug-likeness (QED) is 0.839. The lowest BCUT2D eigenvalue weighted by Crippen LogP contribution is -2.22. The van der Waals surface area contributed by atoms with Crippen molar-refractivity contribution in [1.82, 2.24) is 0 Å². The summed E-state index contributed by atoms with van der Waals surface area (Å²) in [5.74, 6) is -0.768. The molecule has 19 heavy (non-hydrogen) atoms. The van der Waals surface area contributed by atoms with Crippen LogP contribution in [0.3, 0.4) is 0 Å². The molecule has 1 fully saturated rings. The summed E-state index contributed by atoms with van der Waals surface area (Å²) in [7, 11) is 1.53. The summed E-state index contributed by atoms with van der Waals surface area (Å²) >= 11 is 0. The summed E-state index contributed by atoms with van der Waals surface area (Å²) < 4.78 is 10.6. The van der Waals surface area contributed by atoms with Crippen molar-refractivity contribution < 1.29 is 19.4 Å². The number of hydrogen-bond acceptors (Lipinski definition) is 4. The summed E-state index contributed by atoms with van der Waals surface area (Å²) in [6.45, 7) is 1.49. The summed E-state index contributed by atoms with van der Waals surface area (Å²) in [6, 6.07) is 5.68. The van der Waals surface area contributed by atoms with Crippen LogP contribution in [0, 0.1) is 0 Å². The van der Waals surface area contributed by atoms with Crippen LogP contribution in [0.4, 0.5) is 0 Å². The molecule has 2 unspecified atom stereocenters. The molecular weight excluding hydrogens is 246 g/mol. The number of carboxylic acid groups (broad SMARTS) is 1. The van der Waals surface area contributed by atoms with Crippen molar-refractivity contribution in [1.29, 1.82) is 0 Å². The number of rotatable bonds is 5. The molecular formula is C14H19NO4. The zero-order valence-corrected chi connectivity index (χ0v) is 11.0. The predicted molar refractivity (Wildman–Crippen MR) is 70.6 cm³/mol. The number of ether oxygens (including phenoxy) is 2. The number of carbonyl (C=O) groups is 1. The monoisotopic (exact) mass is 265 g/mol. The second-order valence-electron chi connectivity index (χ2n) is 4.69.